The number of nitrogens with one attached hydrogen (secondary N) is 2. The monoisotopic (exact) mass is 276 g/mol. The zero-order chi connectivity index (χ0) is 13.7. The zero-order valence-corrected chi connectivity index (χ0v) is 12.5. The third-order valence-electron chi connectivity index (χ3n) is 2.83. The maximum Gasteiger partial charge on any atom is 0.139 e. The minimum absolute atomic E-state index is 0.833. The first-order valence-corrected chi connectivity index (χ1v) is 7.59. The lowest BCUT2D eigenvalue weighted by molar-refractivity contribution is 0.911. The van der Waals surface area contributed by atoms with Gasteiger partial charge in [0.1, 0.15) is 17.5 Å². The van der Waals surface area contributed by atoms with Gasteiger partial charge in [0, 0.05) is 23.9 Å². The molecule has 2 rings (SSSR count). The fourth-order valence-electron chi connectivity index (χ4n) is 1.73. The largest absolute Gasteiger partial charge is 0.370 e. The molecule has 0 spiro atoms. The van der Waals surface area contributed by atoms with E-state index >= 15 is 0 Å². The lowest BCUT2D eigenvalue weighted by Crippen LogP contribution is -2.09. The van der Waals surface area contributed by atoms with Gasteiger partial charge < -0.3 is 10.6 Å². The number of nitrogens with zero attached hydrogens (tertiary/aromatic N) is 2. The fraction of sp³-hybridized carbons (Fsp3) is 0.429. The molecule has 0 saturated heterocycles. The van der Waals surface area contributed by atoms with Crippen molar-refractivity contribution in [2.75, 3.05) is 17.2 Å². The van der Waals surface area contributed by atoms with Crippen LogP contribution in [0, 0.1) is 6.92 Å². The maximum atomic E-state index is 4.58. The van der Waals surface area contributed by atoms with E-state index < -0.39 is 0 Å². The van der Waals surface area contributed by atoms with Crippen molar-refractivity contribution in [1.29, 1.82) is 0 Å². The van der Waals surface area contributed by atoms with Gasteiger partial charge in [-0.15, -0.1) is 0 Å². The molecule has 0 saturated carbocycles. The first-order valence-electron chi connectivity index (χ1n) is 6.65. The lowest BCUT2D eigenvalue weighted by Gasteiger charge is -2.14. The van der Waals surface area contributed by atoms with Gasteiger partial charge in [-0.25, -0.2) is 9.97 Å². The Balaban J connectivity index is 2.30. The third-order valence-corrected chi connectivity index (χ3v) is 3.52. The van der Waals surface area contributed by atoms with Crippen LogP contribution in [-0.2, 0) is 6.42 Å². The molecule has 0 atom stereocenters. The number of rotatable bonds is 6. The van der Waals surface area contributed by atoms with Crippen molar-refractivity contribution in [3.05, 3.63) is 28.2 Å². The summed E-state index contributed by atoms with van der Waals surface area (Å²) >= 11 is 1.67. The van der Waals surface area contributed by atoms with Gasteiger partial charge in [0.05, 0.1) is 5.69 Å². The number of aryl methyl sites for hydroxylation is 1. The molecule has 0 bridgehead atoms. The minimum atomic E-state index is 0.833. The molecule has 2 N–H and O–H groups in total. The first kappa shape index (κ1) is 13.8. The summed E-state index contributed by atoms with van der Waals surface area (Å²) in [5.41, 5.74) is 2.15. The summed E-state index contributed by atoms with van der Waals surface area (Å²) in [7, 11) is 0. The predicted octanol–water partition coefficient (Wildman–Crippen LogP) is 3.97. The van der Waals surface area contributed by atoms with Crippen LogP contribution in [0.15, 0.2) is 16.8 Å². The number of hydrogen-bond acceptors (Lipinski definition) is 5. The second kappa shape index (κ2) is 6.52. The topological polar surface area (TPSA) is 49.8 Å². The Morgan fingerprint density at radius 2 is 2.00 bits per heavy atom. The van der Waals surface area contributed by atoms with Gasteiger partial charge in [-0.05, 0) is 24.8 Å². The summed E-state index contributed by atoms with van der Waals surface area (Å²) < 4.78 is 0. The molecule has 0 aliphatic heterocycles. The van der Waals surface area contributed by atoms with E-state index in [4.69, 9.17) is 0 Å². The maximum absolute atomic E-state index is 4.58. The number of hydrogen-bond donors (Lipinski definition) is 2. The van der Waals surface area contributed by atoms with Gasteiger partial charge in [-0.3, -0.25) is 0 Å². The zero-order valence-electron chi connectivity index (χ0n) is 11.7. The third kappa shape index (κ3) is 3.44. The minimum Gasteiger partial charge on any atom is -0.370 e. The lowest BCUT2D eigenvalue weighted by atomic mass is 10.2. The molecule has 0 unspecified atom stereocenters. The standard InChI is InChI=1S/C14H20N4S/c1-4-7-15-13-10(3)14(18-12(5-2)17-13)16-11-6-8-19-9-11/h6,8-9H,4-5,7H2,1-3H3,(H2,15,16,17,18). The van der Waals surface area contributed by atoms with E-state index in [9.17, 15) is 0 Å². The van der Waals surface area contributed by atoms with Crippen molar-refractivity contribution in [2.24, 2.45) is 0 Å². The van der Waals surface area contributed by atoms with E-state index in [0.29, 0.717) is 0 Å². The van der Waals surface area contributed by atoms with E-state index in [0.717, 1.165) is 48.1 Å². The van der Waals surface area contributed by atoms with Gasteiger partial charge in [0.25, 0.3) is 0 Å². The molecule has 2 aromatic heterocycles. The number of thiophene rings is 1. The van der Waals surface area contributed by atoms with Crippen molar-refractivity contribution in [2.45, 2.75) is 33.6 Å². The van der Waals surface area contributed by atoms with Crippen molar-refractivity contribution < 1.29 is 0 Å². The van der Waals surface area contributed by atoms with Gasteiger partial charge in [0.2, 0.25) is 0 Å². The summed E-state index contributed by atoms with van der Waals surface area (Å²) in [6.07, 6.45) is 1.91. The molecular formula is C14H20N4S. The van der Waals surface area contributed by atoms with E-state index in [2.05, 4.69) is 51.3 Å². The van der Waals surface area contributed by atoms with Crippen molar-refractivity contribution in [3.63, 3.8) is 0 Å². The van der Waals surface area contributed by atoms with Gasteiger partial charge in [-0.1, -0.05) is 13.8 Å². The molecule has 2 heterocycles. The predicted molar refractivity (Wildman–Crippen MR) is 82.5 cm³/mol. The smallest absolute Gasteiger partial charge is 0.139 e. The Hall–Kier alpha value is -1.62. The number of aromatic nitrogens is 2. The van der Waals surface area contributed by atoms with Crippen molar-refractivity contribution in [1.82, 2.24) is 9.97 Å². The molecule has 19 heavy (non-hydrogen) atoms. The van der Waals surface area contributed by atoms with Crippen LogP contribution in [0.4, 0.5) is 17.3 Å². The van der Waals surface area contributed by atoms with E-state index in [1.807, 2.05) is 6.92 Å². The highest BCUT2D eigenvalue weighted by atomic mass is 32.1. The van der Waals surface area contributed by atoms with Crippen LogP contribution in [-0.4, -0.2) is 16.5 Å². The second-order valence-corrected chi connectivity index (χ2v) is 5.16. The van der Waals surface area contributed by atoms with Crippen LogP contribution in [0.2, 0.25) is 0 Å². The van der Waals surface area contributed by atoms with Crippen molar-refractivity contribution >= 4 is 28.7 Å². The van der Waals surface area contributed by atoms with Gasteiger partial charge in [-0.2, -0.15) is 11.3 Å². The number of anilines is 3. The van der Waals surface area contributed by atoms with Crippen LogP contribution in [0.3, 0.4) is 0 Å². The first-order chi connectivity index (χ1) is 9.24. The Bertz CT molecular complexity index is 522. The van der Waals surface area contributed by atoms with Crippen LogP contribution >= 0.6 is 11.3 Å². The summed E-state index contributed by atoms with van der Waals surface area (Å²) in [4.78, 5) is 9.14. The normalized spacial score (nSPS) is 10.5. The SMILES string of the molecule is CCCNc1nc(CC)nc(Nc2ccsc2)c1C. The average molecular weight is 276 g/mol. The Morgan fingerprint density at radius 1 is 1.21 bits per heavy atom. The summed E-state index contributed by atoms with van der Waals surface area (Å²) in [6.45, 7) is 7.20. The second-order valence-electron chi connectivity index (χ2n) is 4.38. The molecule has 5 heteroatoms. The van der Waals surface area contributed by atoms with Gasteiger partial charge in [0.15, 0.2) is 0 Å². The molecule has 0 aliphatic rings. The van der Waals surface area contributed by atoms with Crippen molar-refractivity contribution in [3.8, 4) is 0 Å². The molecule has 0 aromatic carbocycles. The van der Waals surface area contributed by atoms with E-state index in [-0.39, 0.29) is 0 Å². The Labute approximate surface area is 118 Å². The summed E-state index contributed by atoms with van der Waals surface area (Å²) in [6, 6.07) is 2.05. The molecule has 4 nitrogen and oxygen atoms in total. The summed E-state index contributed by atoms with van der Waals surface area (Å²) in [5, 5.41) is 10.9. The molecule has 0 fully saturated rings. The quantitative estimate of drug-likeness (QED) is 0.838. The highest BCUT2D eigenvalue weighted by molar-refractivity contribution is 7.08. The average Bonchev–Trinajstić information content (AvgIpc) is 2.92. The van der Waals surface area contributed by atoms with E-state index in [1.165, 1.54) is 0 Å². The molecule has 102 valence electrons. The van der Waals surface area contributed by atoms with Gasteiger partial charge >= 0.3 is 0 Å². The Morgan fingerprint density at radius 3 is 2.63 bits per heavy atom. The molecule has 2 aromatic rings. The van der Waals surface area contributed by atoms with Crippen LogP contribution < -0.4 is 10.6 Å². The van der Waals surface area contributed by atoms with E-state index in [1.54, 1.807) is 11.3 Å². The van der Waals surface area contributed by atoms with Crippen LogP contribution in [0.25, 0.3) is 0 Å². The molecular weight excluding hydrogens is 256 g/mol. The molecule has 0 amide bonds. The Kier molecular flexibility index (Phi) is 4.74. The van der Waals surface area contributed by atoms with Crippen LogP contribution in [0.1, 0.15) is 31.7 Å². The fourth-order valence-corrected chi connectivity index (χ4v) is 2.32. The highest BCUT2D eigenvalue weighted by Crippen LogP contribution is 2.24. The summed E-state index contributed by atoms with van der Waals surface area (Å²) in [5.74, 6) is 2.69. The van der Waals surface area contributed by atoms with Crippen LogP contribution in [0.5, 0.6) is 0 Å². The molecule has 0 aliphatic carbocycles. The molecule has 0 radical (unpaired) electrons. The highest BCUT2D eigenvalue weighted by Gasteiger charge is 2.10.